The minimum absolute atomic E-state index is 0.118. The third-order valence-corrected chi connectivity index (χ3v) is 6.16. The average molecular weight is 470 g/mol. The topological polar surface area (TPSA) is 111 Å². The lowest BCUT2D eigenvalue weighted by molar-refractivity contribution is 0.0673. The highest BCUT2D eigenvalue weighted by atomic mass is 79.9. The average Bonchev–Trinajstić information content (AvgIpc) is 3.23. The van der Waals surface area contributed by atoms with Crippen LogP contribution in [0.4, 0.5) is 5.95 Å². The number of aliphatic hydroxyl groups is 1. The number of nitrogens with one attached hydrogen (secondary N) is 1. The van der Waals surface area contributed by atoms with Gasteiger partial charge >= 0.3 is 0 Å². The van der Waals surface area contributed by atoms with E-state index >= 15 is 0 Å². The highest BCUT2D eigenvalue weighted by Crippen LogP contribution is 2.31. The molecule has 1 fully saturated rings. The predicted molar refractivity (Wildman–Crippen MR) is 117 cm³/mol. The largest absolute Gasteiger partial charge is 0.390 e. The van der Waals surface area contributed by atoms with Crippen LogP contribution in [0.1, 0.15) is 26.2 Å². The summed E-state index contributed by atoms with van der Waals surface area (Å²) in [6.07, 6.45) is 5.48. The molecule has 0 bridgehead atoms. The third kappa shape index (κ3) is 3.25. The maximum atomic E-state index is 12.5. The molecule has 2 N–H and O–H groups in total. The Kier molecular flexibility index (Phi) is 4.37. The second-order valence-electron chi connectivity index (χ2n) is 8.08. The molecule has 4 aromatic rings. The van der Waals surface area contributed by atoms with E-state index in [1.165, 1.54) is 10.9 Å². The summed E-state index contributed by atoms with van der Waals surface area (Å²) in [5.41, 5.74) is 1.17. The molecule has 1 aliphatic carbocycles. The minimum Gasteiger partial charge on any atom is -0.390 e. The standard InChI is InChI=1S/C20H20BrN7O2/c1-20(30)6-5-11(8-20)24-19-22-9-14-16(21)26-28(17(14)25-19)12-3-4-15-13(7-12)18(29)27(2)10-23-15/h3-4,7,9-11,30H,5-6,8H2,1-2H3,(H,22,24,25)/t11-,20-/m1/s1. The van der Waals surface area contributed by atoms with Gasteiger partial charge in [-0.15, -0.1) is 0 Å². The number of hydrogen-bond acceptors (Lipinski definition) is 7. The zero-order valence-electron chi connectivity index (χ0n) is 16.5. The maximum Gasteiger partial charge on any atom is 0.260 e. The molecule has 3 heterocycles. The minimum atomic E-state index is -0.655. The molecule has 5 rings (SSSR count). The van der Waals surface area contributed by atoms with Crippen molar-refractivity contribution in [2.75, 3.05) is 5.32 Å². The molecule has 1 aliphatic rings. The maximum absolute atomic E-state index is 12.5. The summed E-state index contributed by atoms with van der Waals surface area (Å²) in [5.74, 6) is 0.484. The number of aromatic nitrogens is 6. The molecule has 0 aliphatic heterocycles. The monoisotopic (exact) mass is 469 g/mol. The Labute approximate surface area is 179 Å². The molecule has 10 heteroatoms. The van der Waals surface area contributed by atoms with Crippen molar-refractivity contribution in [3.8, 4) is 5.69 Å². The Hall–Kier alpha value is -2.85. The molecule has 0 spiro atoms. The van der Waals surface area contributed by atoms with Gasteiger partial charge < -0.3 is 15.0 Å². The van der Waals surface area contributed by atoms with Crippen LogP contribution in [0.5, 0.6) is 0 Å². The molecule has 30 heavy (non-hydrogen) atoms. The number of halogens is 1. The van der Waals surface area contributed by atoms with Crippen molar-refractivity contribution in [1.29, 1.82) is 0 Å². The first-order valence-electron chi connectivity index (χ1n) is 9.67. The first-order valence-corrected chi connectivity index (χ1v) is 10.5. The number of nitrogens with zero attached hydrogens (tertiary/aromatic N) is 6. The van der Waals surface area contributed by atoms with Gasteiger partial charge in [0, 0.05) is 19.3 Å². The van der Waals surface area contributed by atoms with Crippen molar-refractivity contribution in [3.63, 3.8) is 0 Å². The molecule has 9 nitrogen and oxygen atoms in total. The van der Waals surface area contributed by atoms with Crippen LogP contribution in [0.25, 0.3) is 27.6 Å². The van der Waals surface area contributed by atoms with Crippen molar-refractivity contribution < 1.29 is 5.11 Å². The summed E-state index contributed by atoms with van der Waals surface area (Å²) >= 11 is 3.47. The number of aryl methyl sites for hydroxylation is 1. The highest BCUT2D eigenvalue weighted by Gasteiger charge is 2.33. The van der Waals surface area contributed by atoms with Gasteiger partial charge in [-0.05, 0) is 60.3 Å². The van der Waals surface area contributed by atoms with Crippen LogP contribution in [0.2, 0.25) is 0 Å². The molecule has 0 radical (unpaired) electrons. The Morgan fingerprint density at radius 1 is 1.30 bits per heavy atom. The molecular formula is C20H20BrN7O2. The third-order valence-electron chi connectivity index (χ3n) is 5.58. The van der Waals surface area contributed by atoms with Gasteiger partial charge in [-0.3, -0.25) is 4.79 Å². The van der Waals surface area contributed by atoms with Gasteiger partial charge in [-0.25, -0.2) is 14.6 Å². The summed E-state index contributed by atoms with van der Waals surface area (Å²) in [6.45, 7) is 1.85. The van der Waals surface area contributed by atoms with Crippen molar-refractivity contribution in [3.05, 3.63) is 45.7 Å². The highest BCUT2D eigenvalue weighted by molar-refractivity contribution is 9.10. The Morgan fingerprint density at radius 3 is 2.90 bits per heavy atom. The lowest BCUT2D eigenvalue weighted by atomic mass is 10.1. The number of anilines is 1. The van der Waals surface area contributed by atoms with Gasteiger partial charge in [0.2, 0.25) is 5.95 Å². The van der Waals surface area contributed by atoms with E-state index in [1.54, 1.807) is 30.1 Å². The van der Waals surface area contributed by atoms with Crippen LogP contribution >= 0.6 is 15.9 Å². The molecule has 0 unspecified atom stereocenters. The van der Waals surface area contributed by atoms with Crippen LogP contribution in [0, 0.1) is 0 Å². The van der Waals surface area contributed by atoms with E-state index in [0.29, 0.717) is 39.2 Å². The normalized spacial score (nSPS) is 21.5. The zero-order valence-corrected chi connectivity index (χ0v) is 18.1. The molecule has 0 saturated heterocycles. The molecule has 0 amide bonds. The van der Waals surface area contributed by atoms with E-state index in [-0.39, 0.29) is 11.6 Å². The number of fused-ring (bicyclic) bond motifs is 2. The Morgan fingerprint density at radius 2 is 2.13 bits per heavy atom. The van der Waals surface area contributed by atoms with E-state index in [1.807, 2.05) is 13.0 Å². The van der Waals surface area contributed by atoms with Crippen molar-refractivity contribution in [1.82, 2.24) is 29.3 Å². The molecule has 2 atom stereocenters. The predicted octanol–water partition coefficient (Wildman–Crippen LogP) is 2.54. The fourth-order valence-corrected chi connectivity index (χ4v) is 4.41. The summed E-state index contributed by atoms with van der Waals surface area (Å²) in [4.78, 5) is 25.9. The van der Waals surface area contributed by atoms with Crippen molar-refractivity contribution in [2.24, 2.45) is 7.05 Å². The number of rotatable bonds is 3. The lowest BCUT2D eigenvalue weighted by Gasteiger charge is -2.16. The van der Waals surface area contributed by atoms with E-state index in [4.69, 9.17) is 0 Å². The second-order valence-corrected chi connectivity index (χ2v) is 8.83. The second kappa shape index (κ2) is 6.85. The first kappa shape index (κ1) is 19.1. The van der Waals surface area contributed by atoms with Crippen LogP contribution in [-0.2, 0) is 7.05 Å². The first-order chi connectivity index (χ1) is 14.3. The van der Waals surface area contributed by atoms with Crippen LogP contribution in [-0.4, -0.2) is 46.0 Å². The van der Waals surface area contributed by atoms with Gasteiger partial charge in [0.25, 0.3) is 5.56 Å². The SMILES string of the molecule is Cn1cnc2ccc(-n3nc(Br)c4cnc(N[C@@H]5CC[C@@](C)(O)C5)nc43)cc2c1=O. The van der Waals surface area contributed by atoms with E-state index < -0.39 is 5.60 Å². The number of benzene rings is 1. The van der Waals surface area contributed by atoms with E-state index in [0.717, 1.165) is 18.2 Å². The van der Waals surface area contributed by atoms with Gasteiger partial charge in [0.15, 0.2) is 5.65 Å². The summed E-state index contributed by atoms with van der Waals surface area (Å²) in [6, 6.07) is 5.55. The molecule has 3 aromatic heterocycles. The molecular weight excluding hydrogens is 450 g/mol. The summed E-state index contributed by atoms with van der Waals surface area (Å²) < 4.78 is 3.75. The fourth-order valence-electron chi connectivity index (χ4n) is 3.98. The molecule has 1 saturated carbocycles. The van der Waals surface area contributed by atoms with Gasteiger partial charge in [0.1, 0.15) is 4.60 Å². The summed E-state index contributed by atoms with van der Waals surface area (Å²) in [5, 5.41) is 19.3. The van der Waals surface area contributed by atoms with E-state index in [2.05, 4.69) is 41.3 Å². The Balaban J connectivity index is 1.58. The fraction of sp³-hybridized carbons (Fsp3) is 0.350. The Bertz CT molecular complexity index is 1340. The van der Waals surface area contributed by atoms with E-state index in [9.17, 15) is 9.90 Å². The van der Waals surface area contributed by atoms with Crippen LogP contribution in [0.15, 0.2) is 40.1 Å². The lowest BCUT2D eigenvalue weighted by Crippen LogP contribution is -2.24. The van der Waals surface area contributed by atoms with Crippen LogP contribution in [0.3, 0.4) is 0 Å². The quantitative estimate of drug-likeness (QED) is 0.474. The van der Waals surface area contributed by atoms with Gasteiger partial charge in [0.05, 0.1) is 33.9 Å². The van der Waals surface area contributed by atoms with Gasteiger partial charge in [-0.2, -0.15) is 10.1 Å². The number of hydrogen-bond donors (Lipinski definition) is 2. The van der Waals surface area contributed by atoms with Crippen molar-refractivity contribution >= 4 is 43.8 Å². The molecule has 154 valence electrons. The van der Waals surface area contributed by atoms with Gasteiger partial charge in [-0.1, -0.05) is 0 Å². The molecule has 1 aromatic carbocycles. The smallest absolute Gasteiger partial charge is 0.260 e. The zero-order chi connectivity index (χ0) is 21.0. The van der Waals surface area contributed by atoms with Crippen molar-refractivity contribution in [2.45, 2.75) is 37.8 Å². The summed E-state index contributed by atoms with van der Waals surface area (Å²) in [7, 11) is 1.67. The van der Waals surface area contributed by atoms with Crippen LogP contribution < -0.4 is 10.9 Å².